The highest BCUT2D eigenvalue weighted by Crippen LogP contribution is 2.21. The van der Waals surface area contributed by atoms with E-state index in [1.54, 1.807) is 18.2 Å². The van der Waals surface area contributed by atoms with Gasteiger partial charge < -0.3 is 5.11 Å². The first-order valence-electron chi connectivity index (χ1n) is 9.31. The van der Waals surface area contributed by atoms with Crippen molar-refractivity contribution in [2.45, 2.75) is 38.3 Å². The molecule has 1 atom stereocenters. The van der Waals surface area contributed by atoms with Crippen molar-refractivity contribution in [3.05, 3.63) is 35.6 Å². The normalized spacial score (nSPS) is 23.4. The summed E-state index contributed by atoms with van der Waals surface area (Å²) >= 11 is 0. The van der Waals surface area contributed by atoms with E-state index in [1.165, 1.54) is 10.4 Å². The molecule has 2 aliphatic heterocycles. The third-order valence-corrected chi connectivity index (χ3v) is 6.99. The molecule has 0 radical (unpaired) electrons. The molecule has 1 aromatic rings. The molecule has 3 rings (SSSR count). The number of aliphatic carboxylic acids is 1. The Balaban J connectivity index is 1.55. The summed E-state index contributed by atoms with van der Waals surface area (Å²) in [6.07, 6.45) is 2.24. The number of carboxylic acids is 1. The van der Waals surface area contributed by atoms with Crippen LogP contribution in [0.5, 0.6) is 0 Å². The zero-order chi connectivity index (χ0) is 19.4. The second-order valence-corrected chi connectivity index (χ2v) is 9.00. The van der Waals surface area contributed by atoms with E-state index in [4.69, 9.17) is 5.11 Å². The summed E-state index contributed by atoms with van der Waals surface area (Å²) in [7, 11) is -3.65. The largest absolute Gasteiger partial charge is 0.481 e. The van der Waals surface area contributed by atoms with E-state index in [9.17, 15) is 17.6 Å². The van der Waals surface area contributed by atoms with E-state index >= 15 is 0 Å². The number of piperidine rings is 2. The number of nitrogens with zero attached hydrogens (tertiary/aromatic N) is 2. The number of nitrogens with one attached hydrogen (secondary N) is 1. The van der Waals surface area contributed by atoms with E-state index in [2.05, 4.69) is 9.62 Å². The third-order valence-electron chi connectivity index (χ3n) is 5.32. The van der Waals surface area contributed by atoms with Gasteiger partial charge in [0.15, 0.2) is 0 Å². The van der Waals surface area contributed by atoms with Gasteiger partial charge in [0.25, 0.3) is 10.2 Å². The van der Waals surface area contributed by atoms with Crippen LogP contribution in [0.2, 0.25) is 0 Å². The molecule has 0 spiro atoms. The van der Waals surface area contributed by atoms with Crippen LogP contribution in [0.25, 0.3) is 0 Å². The number of benzene rings is 1. The predicted octanol–water partition coefficient (Wildman–Crippen LogP) is 1.42. The van der Waals surface area contributed by atoms with Crippen LogP contribution in [0.3, 0.4) is 0 Å². The second-order valence-electron chi connectivity index (χ2n) is 7.30. The Bertz CT molecular complexity index is 766. The van der Waals surface area contributed by atoms with Crippen molar-refractivity contribution < 1.29 is 22.7 Å². The molecule has 0 amide bonds. The summed E-state index contributed by atoms with van der Waals surface area (Å²) in [5.41, 5.74) is 0.608. The molecule has 2 saturated heterocycles. The lowest BCUT2D eigenvalue weighted by atomic mass is 9.99. The molecule has 0 aliphatic carbocycles. The van der Waals surface area contributed by atoms with Crippen molar-refractivity contribution in [3.63, 3.8) is 0 Å². The smallest absolute Gasteiger partial charge is 0.306 e. The lowest BCUT2D eigenvalue weighted by Crippen LogP contribution is -2.53. The summed E-state index contributed by atoms with van der Waals surface area (Å²) < 4.78 is 43.2. The molecule has 2 aliphatic rings. The van der Waals surface area contributed by atoms with E-state index < -0.39 is 22.1 Å². The van der Waals surface area contributed by atoms with Gasteiger partial charge in [-0.15, -0.1) is 0 Å². The highest BCUT2D eigenvalue weighted by molar-refractivity contribution is 7.87. The van der Waals surface area contributed by atoms with Crippen LogP contribution in [0, 0.1) is 11.7 Å². The lowest BCUT2D eigenvalue weighted by Gasteiger charge is -2.35. The van der Waals surface area contributed by atoms with Crippen molar-refractivity contribution >= 4 is 16.2 Å². The van der Waals surface area contributed by atoms with E-state index in [-0.39, 0.29) is 24.9 Å². The van der Waals surface area contributed by atoms with Gasteiger partial charge in [-0.1, -0.05) is 18.2 Å². The molecule has 9 heteroatoms. The molecule has 2 fully saturated rings. The summed E-state index contributed by atoms with van der Waals surface area (Å²) in [5, 5.41) is 9.04. The highest BCUT2D eigenvalue weighted by Gasteiger charge is 2.33. The Kier molecular flexibility index (Phi) is 6.46. The van der Waals surface area contributed by atoms with Crippen molar-refractivity contribution in [2.75, 3.05) is 26.2 Å². The number of likely N-dealkylation sites (tertiary alicyclic amines) is 1. The van der Waals surface area contributed by atoms with Gasteiger partial charge in [0, 0.05) is 37.8 Å². The van der Waals surface area contributed by atoms with Gasteiger partial charge in [0.05, 0.1) is 5.92 Å². The molecule has 0 aromatic heterocycles. The van der Waals surface area contributed by atoms with Crippen LogP contribution >= 0.6 is 0 Å². The van der Waals surface area contributed by atoms with Crippen molar-refractivity contribution in [2.24, 2.45) is 5.92 Å². The van der Waals surface area contributed by atoms with Gasteiger partial charge in [-0.05, 0) is 38.3 Å². The molecule has 2 N–H and O–H groups in total. The van der Waals surface area contributed by atoms with Gasteiger partial charge in [-0.2, -0.15) is 17.4 Å². The molecule has 7 nitrogen and oxygen atoms in total. The van der Waals surface area contributed by atoms with E-state index in [1.807, 2.05) is 0 Å². The Morgan fingerprint density at radius 1 is 1.19 bits per heavy atom. The van der Waals surface area contributed by atoms with Gasteiger partial charge in [-0.25, -0.2) is 4.39 Å². The average molecular weight is 399 g/mol. The Morgan fingerprint density at radius 2 is 1.89 bits per heavy atom. The minimum atomic E-state index is -3.65. The fourth-order valence-corrected chi connectivity index (χ4v) is 5.25. The SMILES string of the molecule is O=C(O)C1CCN(S(=O)(=O)NC2CCCN(Cc3ccccc3F)C2)CC1. The molecule has 1 aromatic carbocycles. The van der Waals surface area contributed by atoms with Crippen molar-refractivity contribution in [1.82, 2.24) is 13.9 Å². The third kappa shape index (κ3) is 5.25. The molecular weight excluding hydrogens is 373 g/mol. The summed E-state index contributed by atoms with van der Waals surface area (Å²) in [5.74, 6) is -1.58. The standard InChI is InChI=1S/C18H26FN3O4S/c19-17-6-2-1-4-15(17)12-21-9-3-5-16(13-21)20-27(25,26)22-10-7-14(8-11-22)18(23)24/h1-2,4,6,14,16,20H,3,5,7-13H2,(H,23,24). The maximum atomic E-state index is 13.9. The molecular formula is C18H26FN3O4S. The fraction of sp³-hybridized carbons (Fsp3) is 0.611. The maximum absolute atomic E-state index is 13.9. The molecule has 1 unspecified atom stereocenters. The van der Waals surface area contributed by atoms with Gasteiger partial charge in [0.1, 0.15) is 5.82 Å². The monoisotopic (exact) mass is 399 g/mol. The van der Waals surface area contributed by atoms with Crippen LogP contribution in [-0.2, 0) is 21.5 Å². The Labute approximate surface area is 159 Å². The molecule has 2 heterocycles. The quantitative estimate of drug-likeness (QED) is 0.755. The van der Waals surface area contributed by atoms with Gasteiger partial charge >= 0.3 is 5.97 Å². The first-order chi connectivity index (χ1) is 12.8. The van der Waals surface area contributed by atoms with Crippen molar-refractivity contribution in [3.8, 4) is 0 Å². The van der Waals surface area contributed by atoms with Gasteiger partial charge in [0.2, 0.25) is 0 Å². The van der Waals surface area contributed by atoms with Crippen LogP contribution in [0.15, 0.2) is 24.3 Å². The minimum absolute atomic E-state index is 0.220. The summed E-state index contributed by atoms with van der Waals surface area (Å²) in [4.78, 5) is 13.1. The zero-order valence-corrected chi connectivity index (χ0v) is 16.0. The minimum Gasteiger partial charge on any atom is -0.481 e. The number of hydrogen-bond donors (Lipinski definition) is 2. The summed E-state index contributed by atoms with van der Waals surface area (Å²) in [6, 6.07) is 6.39. The number of carbonyl (C=O) groups is 1. The zero-order valence-electron chi connectivity index (χ0n) is 15.2. The molecule has 150 valence electrons. The number of halogens is 1. The number of carboxylic acid groups (broad SMARTS) is 1. The first kappa shape index (κ1) is 20.2. The lowest BCUT2D eigenvalue weighted by molar-refractivity contribution is -0.142. The second kappa shape index (κ2) is 8.64. The van der Waals surface area contributed by atoms with Crippen LogP contribution in [0.1, 0.15) is 31.2 Å². The van der Waals surface area contributed by atoms with E-state index in [0.717, 1.165) is 19.4 Å². The summed E-state index contributed by atoms with van der Waals surface area (Å²) in [6.45, 7) is 2.22. The highest BCUT2D eigenvalue weighted by atomic mass is 32.2. The maximum Gasteiger partial charge on any atom is 0.306 e. The number of hydrogen-bond acceptors (Lipinski definition) is 4. The predicted molar refractivity (Wildman–Crippen MR) is 98.7 cm³/mol. The Hall–Kier alpha value is -1.55. The number of rotatable bonds is 6. The molecule has 0 bridgehead atoms. The molecule has 27 heavy (non-hydrogen) atoms. The van der Waals surface area contributed by atoms with Crippen LogP contribution in [-0.4, -0.2) is 60.9 Å². The van der Waals surface area contributed by atoms with E-state index in [0.29, 0.717) is 31.5 Å². The van der Waals surface area contributed by atoms with Crippen molar-refractivity contribution in [1.29, 1.82) is 0 Å². The Morgan fingerprint density at radius 3 is 2.56 bits per heavy atom. The van der Waals surface area contributed by atoms with Crippen LogP contribution < -0.4 is 4.72 Å². The fourth-order valence-electron chi connectivity index (χ4n) is 3.79. The molecule has 0 saturated carbocycles. The van der Waals surface area contributed by atoms with Gasteiger partial charge in [-0.3, -0.25) is 9.69 Å². The average Bonchev–Trinajstić information content (AvgIpc) is 2.64. The topological polar surface area (TPSA) is 90.0 Å². The van der Waals surface area contributed by atoms with Crippen LogP contribution in [0.4, 0.5) is 4.39 Å². The first-order valence-corrected chi connectivity index (χ1v) is 10.7.